The van der Waals surface area contributed by atoms with E-state index < -0.39 is 35.4 Å². The molecule has 0 aromatic carbocycles. The summed E-state index contributed by atoms with van der Waals surface area (Å²) < 4.78 is 0. The van der Waals surface area contributed by atoms with Gasteiger partial charge in [-0.15, -0.1) is 0 Å². The van der Waals surface area contributed by atoms with Crippen LogP contribution in [-0.2, 0) is 9.59 Å². The topological polar surface area (TPSA) is 181 Å². The molecule has 0 bridgehead atoms. The minimum absolute atomic E-state index is 0. The van der Waals surface area contributed by atoms with Gasteiger partial charge in [-0.3, -0.25) is 9.59 Å². The molecule has 25 heavy (non-hydrogen) atoms. The van der Waals surface area contributed by atoms with Gasteiger partial charge in [0.1, 0.15) is 5.41 Å². The third kappa shape index (κ3) is 7.28. The quantitative estimate of drug-likeness (QED) is 0.292. The second-order valence-corrected chi connectivity index (χ2v) is 4.96. The van der Waals surface area contributed by atoms with Crippen LogP contribution in [0.25, 0.3) is 0 Å². The zero-order valence-electron chi connectivity index (χ0n) is 14.5. The van der Waals surface area contributed by atoms with Crippen LogP contribution in [0.5, 0.6) is 0 Å². The summed E-state index contributed by atoms with van der Waals surface area (Å²) in [6.45, 7) is 5.62. The maximum absolute atomic E-state index is 11.9. The molecule has 2 unspecified atom stereocenters. The van der Waals surface area contributed by atoms with Crippen LogP contribution in [0.2, 0.25) is 0 Å². The van der Waals surface area contributed by atoms with Crippen LogP contribution >= 0.6 is 0 Å². The van der Waals surface area contributed by atoms with Crippen LogP contribution in [0.3, 0.4) is 0 Å². The smallest absolute Gasteiger partial charge is 0.846 e. The SMILES string of the molecule is CCCC(C)C1(CC)C(=O)N=C([O-])NC1=O.O=C(O)N=NC(=O)O.[Na+]. The van der Waals surface area contributed by atoms with E-state index in [1.165, 1.54) is 0 Å². The van der Waals surface area contributed by atoms with E-state index in [2.05, 4.69) is 20.5 Å². The number of hydrogen-bond donors (Lipinski definition) is 3. The van der Waals surface area contributed by atoms with Crippen molar-refractivity contribution < 1.29 is 64.1 Å². The number of carbonyl (C=O) groups is 4. The van der Waals surface area contributed by atoms with E-state index in [0.29, 0.717) is 6.42 Å². The summed E-state index contributed by atoms with van der Waals surface area (Å²) in [6, 6.07) is -0.845. The second kappa shape index (κ2) is 11.7. The van der Waals surface area contributed by atoms with Crippen LogP contribution in [-0.4, -0.2) is 40.2 Å². The van der Waals surface area contributed by atoms with E-state index in [4.69, 9.17) is 10.2 Å². The summed E-state index contributed by atoms with van der Waals surface area (Å²) in [4.78, 5) is 45.8. The summed E-state index contributed by atoms with van der Waals surface area (Å²) in [5.41, 5.74) is -1.15. The van der Waals surface area contributed by atoms with Crippen molar-refractivity contribution in [2.24, 2.45) is 26.6 Å². The molecule has 134 valence electrons. The van der Waals surface area contributed by atoms with Crippen LogP contribution < -0.4 is 40.0 Å². The number of azo groups is 1. The van der Waals surface area contributed by atoms with Crippen molar-refractivity contribution in [3.63, 3.8) is 0 Å². The van der Waals surface area contributed by atoms with E-state index >= 15 is 0 Å². The maximum Gasteiger partial charge on any atom is 1.00 e. The Morgan fingerprint density at radius 2 is 1.72 bits per heavy atom. The van der Waals surface area contributed by atoms with E-state index in [1.807, 2.05) is 13.8 Å². The van der Waals surface area contributed by atoms with Crippen molar-refractivity contribution in [2.75, 3.05) is 0 Å². The first kappa shape index (κ1) is 25.4. The molecule has 0 aliphatic carbocycles. The van der Waals surface area contributed by atoms with E-state index in [-0.39, 0.29) is 35.5 Å². The summed E-state index contributed by atoms with van der Waals surface area (Å²) >= 11 is 0. The molecule has 0 fully saturated rings. The monoisotopic (exact) mass is 366 g/mol. The summed E-state index contributed by atoms with van der Waals surface area (Å²) in [7, 11) is 0. The summed E-state index contributed by atoms with van der Waals surface area (Å²) in [5, 5.41) is 32.9. The molecule has 1 aliphatic heterocycles. The third-order valence-corrected chi connectivity index (χ3v) is 3.55. The molecule has 12 heteroatoms. The molecule has 1 heterocycles. The first-order valence-corrected chi connectivity index (χ1v) is 7.10. The van der Waals surface area contributed by atoms with Gasteiger partial charge in [-0.1, -0.05) is 37.4 Å². The minimum atomic E-state index is -1.62. The molecule has 4 amide bonds. The zero-order chi connectivity index (χ0) is 18.9. The van der Waals surface area contributed by atoms with Crippen molar-refractivity contribution in [1.29, 1.82) is 0 Å². The Balaban J connectivity index is 0. The van der Waals surface area contributed by atoms with Gasteiger partial charge in [0.25, 0.3) is 5.91 Å². The Morgan fingerprint density at radius 3 is 2.04 bits per heavy atom. The van der Waals surface area contributed by atoms with Crippen LogP contribution in [0, 0.1) is 11.3 Å². The Hall–Kier alpha value is -1.85. The van der Waals surface area contributed by atoms with Gasteiger partial charge in [0.15, 0.2) is 0 Å². The van der Waals surface area contributed by atoms with Crippen molar-refractivity contribution in [2.45, 2.75) is 40.0 Å². The number of nitrogens with zero attached hydrogens (tertiary/aromatic N) is 3. The summed E-state index contributed by atoms with van der Waals surface area (Å²) in [5.74, 6) is -1.20. The van der Waals surface area contributed by atoms with Crippen molar-refractivity contribution in [1.82, 2.24) is 5.32 Å². The van der Waals surface area contributed by atoms with E-state index in [9.17, 15) is 24.3 Å². The number of aliphatic imine (C=N–C) groups is 1. The molecule has 0 radical (unpaired) electrons. The maximum atomic E-state index is 11.9. The van der Waals surface area contributed by atoms with Gasteiger partial charge < -0.3 is 20.6 Å². The fourth-order valence-corrected chi connectivity index (χ4v) is 2.39. The standard InChI is InChI=1S/C11H18N2O3.C2H2N2O4.Na/c1-4-6-7(3)11(5-2)8(14)12-10(16)13-9(11)15;5-1(6)3-4-2(7)8;/h7H,4-6H2,1-3H3,(H2,12,13,14,15,16);(H,5,6)(H,7,8);/q;;+1/p-1. The number of rotatable bonds is 4. The second-order valence-electron chi connectivity index (χ2n) is 4.96. The first-order valence-electron chi connectivity index (χ1n) is 7.10. The molecule has 2 atom stereocenters. The molecule has 0 spiro atoms. The van der Waals surface area contributed by atoms with Gasteiger partial charge >= 0.3 is 41.7 Å². The Kier molecular flexibility index (Phi) is 11.8. The predicted octanol–water partition coefficient (Wildman–Crippen LogP) is -2.01. The molecular formula is C13H19N4NaO7. The van der Waals surface area contributed by atoms with Crippen LogP contribution in [0.1, 0.15) is 40.0 Å². The van der Waals surface area contributed by atoms with Crippen molar-refractivity contribution in [3.05, 3.63) is 0 Å². The van der Waals surface area contributed by atoms with Gasteiger partial charge in [0.05, 0.1) is 6.02 Å². The average molecular weight is 366 g/mol. The van der Waals surface area contributed by atoms with Gasteiger partial charge in [-0.05, 0) is 18.8 Å². The number of amidine groups is 1. The van der Waals surface area contributed by atoms with E-state index in [1.54, 1.807) is 6.92 Å². The molecule has 0 saturated carbocycles. The largest absolute Gasteiger partial charge is 1.00 e. The Bertz CT molecular complexity index is 563. The number of carboxylic acid groups (broad SMARTS) is 2. The predicted molar refractivity (Wildman–Crippen MR) is 78.3 cm³/mol. The van der Waals surface area contributed by atoms with Gasteiger partial charge in [0, 0.05) is 0 Å². The fourth-order valence-electron chi connectivity index (χ4n) is 2.39. The van der Waals surface area contributed by atoms with Gasteiger partial charge in [0.2, 0.25) is 5.91 Å². The molecule has 1 aliphatic rings. The van der Waals surface area contributed by atoms with Gasteiger partial charge in [-0.25, -0.2) is 14.6 Å². The zero-order valence-corrected chi connectivity index (χ0v) is 16.5. The van der Waals surface area contributed by atoms with Crippen LogP contribution in [0.4, 0.5) is 9.59 Å². The molecule has 0 aromatic rings. The van der Waals surface area contributed by atoms with Crippen molar-refractivity contribution in [3.8, 4) is 0 Å². The number of hydrogen-bond acceptors (Lipinski definition) is 5. The van der Waals surface area contributed by atoms with E-state index in [0.717, 1.165) is 12.8 Å². The molecule has 3 N–H and O–H groups in total. The van der Waals surface area contributed by atoms with Gasteiger partial charge in [-0.2, -0.15) is 0 Å². The molecular weight excluding hydrogens is 347 g/mol. The van der Waals surface area contributed by atoms with Crippen LogP contribution in [0.15, 0.2) is 15.2 Å². The minimum Gasteiger partial charge on any atom is -0.846 e. The fraction of sp³-hybridized carbons (Fsp3) is 0.615. The number of amides is 4. The van der Waals surface area contributed by atoms with Crippen molar-refractivity contribution >= 4 is 30.0 Å². The normalized spacial score (nSPS) is 20.5. The summed E-state index contributed by atoms with van der Waals surface area (Å²) in [6.07, 6.45) is -1.22. The molecule has 0 aromatic heterocycles. The number of nitrogens with one attached hydrogen (secondary N) is 1. The average Bonchev–Trinajstić information content (AvgIpc) is 2.46. The Morgan fingerprint density at radius 1 is 1.24 bits per heavy atom. The molecule has 0 saturated heterocycles. The first-order chi connectivity index (χ1) is 11.1. The number of carbonyl (C=O) groups excluding carboxylic acids is 2. The molecule has 1 rings (SSSR count). The molecule has 11 nitrogen and oxygen atoms in total. The third-order valence-electron chi connectivity index (χ3n) is 3.55. The Labute approximate surface area is 165 Å².